The van der Waals surface area contributed by atoms with Gasteiger partial charge in [-0.2, -0.15) is 0 Å². The van der Waals surface area contributed by atoms with Crippen molar-refractivity contribution >= 4 is 5.69 Å². The van der Waals surface area contributed by atoms with E-state index in [9.17, 15) is 0 Å². The van der Waals surface area contributed by atoms with E-state index in [0.29, 0.717) is 6.10 Å². The van der Waals surface area contributed by atoms with Gasteiger partial charge in [0, 0.05) is 39.5 Å². The van der Waals surface area contributed by atoms with Crippen molar-refractivity contribution in [3.05, 3.63) is 29.8 Å². The molecular formula is C18H30N2O. The molecule has 118 valence electrons. The number of benzene rings is 1. The second-order valence-electron chi connectivity index (χ2n) is 6.46. The predicted molar refractivity (Wildman–Crippen MR) is 89.9 cm³/mol. The molecule has 0 saturated carbocycles. The van der Waals surface area contributed by atoms with Gasteiger partial charge in [0.15, 0.2) is 0 Å². The number of ether oxygens (including phenoxy) is 1. The molecule has 0 bridgehead atoms. The molecule has 0 amide bonds. The lowest BCUT2D eigenvalue weighted by Crippen LogP contribution is -2.34. The Kier molecular flexibility index (Phi) is 6.07. The zero-order chi connectivity index (χ0) is 15.2. The highest BCUT2D eigenvalue weighted by Gasteiger charge is 2.21. The van der Waals surface area contributed by atoms with Crippen LogP contribution in [-0.4, -0.2) is 44.8 Å². The molecule has 0 aromatic heterocycles. The quantitative estimate of drug-likeness (QED) is 0.798. The molecule has 21 heavy (non-hydrogen) atoms. The highest BCUT2D eigenvalue weighted by atomic mass is 16.5. The van der Waals surface area contributed by atoms with Crippen LogP contribution < -0.4 is 4.90 Å². The third-order valence-electron chi connectivity index (χ3n) is 4.42. The van der Waals surface area contributed by atoms with Gasteiger partial charge in [-0.15, -0.1) is 0 Å². The smallest absolute Gasteiger partial charge is 0.0550 e. The van der Waals surface area contributed by atoms with Gasteiger partial charge in [0.05, 0.1) is 6.10 Å². The summed E-state index contributed by atoms with van der Waals surface area (Å²) in [6, 6.07) is 8.93. The summed E-state index contributed by atoms with van der Waals surface area (Å²) in [5, 5.41) is 0. The zero-order valence-corrected chi connectivity index (χ0v) is 14.0. The van der Waals surface area contributed by atoms with Crippen molar-refractivity contribution < 1.29 is 4.74 Å². The molecular weight excluding hydrogens is 260 g/mol. The molecule has 1 aromatic carbocycles. The van der Waals surface area contributed by atoms with Crippen molar-refractivity contribution in [2.24, 2.45) is 5.92 Å². The summed E-state index contributed by atoms with van der Waals surface area (Å²) in [4.78, 5) is 4.71. The topological polar surface area (TPSA) is 15.7 Å². The van der Waals surface area contributed by atoms with E-state index in [0.717, 1.165) is 25.6 Å². The Morgan fingerprint density at radius 3 is 2.48 bits per heavy atom. The maximum atomic E-state index is 5.65. The molecule has 0 radical (unpaired) electrons. The predicted octanol–water partition coefficient (Wildman–Crippen LogP) is 3.39. The first-order chi connectivity index (χ1) is 10.1. The van der Waals surface area contributed by atoms with Gasteiger partial charge < -0.3 is 9.64 Å². The molecule has 3 heteroatoms. The molecule has 0 N–H and O–H groups in total. The number of anilines is 1. The fourth-order valence-electron chi connectivity index (χ4n) is 3.09. The Morgan fingerprint density at radius 2 is 1.90 bits per heavy atom. The second-order valence-corrected chi connectivity index (χ2v) is 6.46. The van der Waals surface area contributed by atoms with Crippen LogP contribution in [-0.2, 0) is 11.3 Å². The molecule has 2 atom stereocenters. The van der Waals surface area contributed by atoms with Gasteiger partial charge in [-0.25, -0.2) is 0 Å². The van der Waals surface area contributed by atoms with Crippen LogP contribution >= 0.6 is 0 Å². The van der Waals surface area contributed by atoms with Gasteiger partial charge in [0.25, 0.3) is 0 Å². The SMILES string of the molecule is CCN(Cc1ccc(N(C)C)cc1)C[C@H]1CCO[C@H](C)C1. The molecule has 1 aliphatic rings. The Hall–Kier alpha value is -1.06. The largest absolute Gasteiger partial charge is 0.378 e. The zero-order valence-electron chi connectivity index (χ0n) is 14.0. The standard InChI is InChI=1S/C18H30N2O/c1-5-20(14-17-10-11-21-15(2)12-17)13-16-6-8-18(9-7-16)19(3)4/h6-9,15,17H,5,10-14H2,1-4H3/t15-,17+/m1/s1. The average Bonchev–Trinajstić information content (AvgIpc) is 2.47. The van der Waals surface area contributed by atoms with Crippen molar-refractivity contribution in [2.75, 3.05) is 38.7 Å². The van der Waals surface area contributed by atoms with Crippen molar-refractivity contribution in [3.63, 3.8) is 0 Å². The lowest BCUT2D eigenvalue weighted by molar-refractivity contribution is -0.00578. The summed E-state index contributed by atoms with van der Waals surface area (Å²) in [7, 11) is 4.17. The van der Waals surface area contributed by atoms with Crippen LogP contribution in [0.15, 0.2) is 24.3 Å². The normalized spacial score (nSPS) is 22.5. The van der Waals surface area contributed by atoms with Crippen molar-refractivity contribution in [1.82, 2.24) is 4.90 Å². The van der Waals surface area contributed by atoms with Gasteiger partial charge in [-0.05, 0) is 49.9 Å². The van der Waals surface area contributed by atoms with Crippen molar-refractivity contribution in [1.29, 1.82) is 0 Å². The van der Waals surface area contributed by atoms with Gasteiger partial charge in [0.2, 0.25) is 0 Å². The van der Waals surface area contributed by atoms with E-state index in [1.807, 2.05) is 0 Å². The number of hydrogen-bond acceptors (Lipinski definition) is 3. The van der Waals surface area contributed by atoms with Gasteiger partial charge in [-0.3, -0.25) is 4.90 Å². The van der Waals surface area contributed by atoms with E-state index < -0.39 is 0 Å². The first-order valence-corrected chi connectivity index (χ1v) is 8.18. The van der Waals surface area contributed by atoms with E-state index in [1.54, 1.807) is 0 Å². The number of rotatable bonds is 6. The number of hydrogen-bond donors (Lipinski definition) is 0. The molecule has 2 rings (SSSR count). The molecule has 3 nitrogen and oxygen atoms in total. The van der Waals surface area contributed by atoms with E-state index in [4.69, 9.17) is 4.74 Å². The molecule has 1 aliphatic heterocycles. The Labute approximate surface area is 129 Å². The maximum absolute atomic E-state index is 5.65. The molecule has 1 aromatic rings. The van der Waals surface area contributed by atoms with Crippen LogP contribution in [0.4, 0.5) is 5.69 Å². The van der Waals surface area contributed by atoms with E-state index in [-0.39, 0.29) is 0 Å². The van der Waals surface area contributed by atoms with Crippen molar-refractivity contribution in [2.45, 2.75) is 39.3 Å². The fraction of sp³-hybridized carbons (Fsp3) is 0.667. The van der Waals surface area contributed by atoms with E-state index in [1.165, 1.54) is 30.6 Å². The van der Waals surface area contributed by atoms with Crippen LogP contribution in [0.5, 0.6) is 0 Å². The third-order valence-corrected chi connectivity index (χ3v) is 4.42. The van der Waals surface area contributed by atoms with Gasteiger partial charge in [-0.1, -0.05) is 19.1 Å². The highest BCUT2D eigenvalue weighted by Crippen LogP contribution is 2.22. The van der Waals surface area contributed by atoms with E-state index in [2.05, 4.69) is 62.0 Å². The summed E-state index contributed by atoms with van der Waals surface area (Å²) in [5.41, 5.74) is 2.67. The number of nitrogens with zero attached hydrogens (tertiary/aromatic N) is 2. The second kappa shape index (κ2) is 7.81. The summed E-state index contributed by atoms with van der Waals surface area (Å²) < 4.78 is 5.65. The molecule has 1 saturated heterocycles. The van der Waals surface area contributed by atoms with Crippen LogP contribution in [0.2, 0.25) is 0 Å². The Morgan fingerprint density at radius 1 is 1.19 bits per heavy atom. The van der Waals surface area contributed by atoms with Gasteiger partial charge in [0.1, 0.15) is 0 Å². The maximum Gasteiger partial charge on any atom is 0.0550 e. The van der Waals surface area contributed by atoms with E-state index >= 15 is 0 Å². The molecule has 0 unspecified atom stereocenters. The molecule has 0 spiro atoms. The van der Waals surface area contributed by atoms with Crippen LogP contribution in [0.1, 0.15) is 32.3 Å². The minimum Gasteiger partial charge on any atom is -0.378 e. The molecule has 0 aliphatic carbocycles. The van der Waals surface area contributed by atoms with Crippen molar-refractivity contribution in [3.8, 4) is 0 Å². The highest BCUT2D eigenvalue weighted by molar-refractivity contribution is 5.45. The van der Waals surface area contributed by atoms with Crippen LogP contribution in [0.3, 0.4) is 0 Å². The minimum absolute atomic E-state index is 0.432. The monoisotopic (exact) mass is 290 g/mol. The lowest BCUT2D eigenvalue weighted by Gasteiger charge is -2.32. The average molecular weight is 290 g/mol. The third kappa shape index (κ3) is 5.01. The summed E-state index contributed by atoms with van der Waals surface area (Å²) >= 11 is 0. The Bertz CT molecular complexity index is 416. The van der Waals surface area contributed by atoms with Crippen LogP contribution in [0.25, 0.3) is 0 Å². The Balaban J connectivity index is 1.89. The summed E-state index contributed by atoms with van der Waals surface area (Å²) in [6.45, 7) is 8.75. The minimum atomic E-state index is 0.432. The summed E-state index contributed by atoms with van der Waals surface area (Å²) in [5.74, 6) is 0.787. The molecule has 1 fully saturated rings. The van der Waals surface area contributed by atoms with Crippen LogP contribution in [0, 0.1) is 5.92 Å². The first kappa shape index (κ1) is 16.3. The summed E-state index contributed by atoms with van der Waals surface area (Å²) in [6.07, 6.45) is 2.85. The molecule has 1 heterocycles. The van der Waals surface area contributed by atoms with Gasteiger partial charge >= 0.3 is 0 Å². The first-order valence-electron chi connectivity index (χ1n) is 8.18. The lowest BCUT2D eigenvalue weighted by atomic mass is 9.95. The fourth-order valence-corrected chi connectivity index (χ4v) is 3.09.